The number of aromatic nitrogens is 2. The Morgan fingerprint density at radius 3 is 2.31 bits per heavy atom. The van der Waals surface area contributed by atoms with E-state index in [0.29, 0.717) is 23.9 Å². The second-order valence-corrected chi connectivity index (χ2v) is 7.61. The number of carbonyl (C=O) groups is 1. The Labute approximate surface area is 171 Å². The molecule has 150 valence electrons. The molecule has 0 bridgehead atoms. The molecular weight excluding hydrogens is 364 g/mol. The van der Waals surface area contributed by atoms with Crippen LogP contribution in [-0.2, 0) is 0 Å². The van der Waals surface area contributed by atoms with Crippen LogP contribution in [0.25, 0.3) is 11.4 Å². The summed E-state index contributed by atoms with van der Waals surface area (Å²) in [5.74, 6) is 1.59. The molecule has 2 N–H and O–H groups in total. The van der Waals surface area contributed by atoms with Gasteiger partial charge in [-0.25, -0.2) is 9.97 Å². The Morgan fingerprint density at radius 1 is 1.00 bits per heavy atom. The number of nitrogens with one attached hydrogen (secondary N) is 2. The number of anilines is 2. The van der Waals surface area contributed by atoms with Gasteiger partial charge in [0.2, 0.25) is 0 Å². The highest BCUT2D eigenvalue weighted by Crippen LogP contribution is 2.23. The van der Waals surface area contributed by atoms with Gasteiger partial charge in [-0.15, -0.1) is 0 Å². The van der Waals surface area contributed by atoms with Crippen molar-refractivity contribution in [1.82, 2.24) is 15.3 Å². The average molecular weight is 390 g/mol. The molecular formula is C23H26N4O2. The maximum Gasteiger partial charge on any atom is 0.270 e. The van der Waals surface area contributed by atoms with Gasteiger partial charge in [0.05, 0.1) is 6.61 Å². The highest BCUT2D eigenvalue weighted by atomic mass is 16.5. The van der Waals surface area contributed by atoms with E-state index >= 15 is 0 Å². The van der Waals surface area contributed by atoms with Crippen molar-refractivity contribution in [3.8, 4) is 17.1 Å². The van der Waals surface area contributed by atoms with Gasteiger partial charge in [0, 0.05) is 22.9 Å². The molecule has 0 radical (unpaired) electrons. The second-order valence-electron chi connectivity index (χ2n) is 7.61. The zero-order chi connectivity index (χ0) is 20.9. The average Bonchev–Trinajstić information content (AvgIpc) is 2.69. The van der Waals surface area contributed by atoms with Crippen LogP contribution in [0.15, 0.2) is 60.7 Å². The van der Waals surface area contributed by atoms with E-state index in [0.717, 1.165) is 17.0 Å². The maximum absolute atomic E-state index is 12.7. The fourth-order valence-electron chi connectivity index (χ4n) is 2.70. The summed E-state index contributed by atoms with van der Waals surface area (Å²) < 4.78 is 5.48. The van der Waals surface area contributed by atoms with Gasteiger partial charge in [-0.2, -0.15) is 0 Å². The monoisotopic (exact) mass is 390 g/mol. The van der Waals surface area contributed by atoms with Crippen molar-refractivity contribution in [2.75, 3.05) is 11.9 Å². The first-order valence-corrected chi connectivity index (χ1v) is 9.61. The van der Waals surface area contributed by atoms with Gasteiger partial charge in [-0.3, -0.25) is 4.79 Å². The van der Waals surface area contributed by atoms with Crippen LogP contribution in [0.2, 0.25) is 0 Å². The summed E-state index contributed by atoms with van der Waals surface area (Å²) >= 11 is 0. The van der Waals surface area contributed by atoms with E-state index in [-0.39, 0.29) is 11.4 Å². The number of nitrogens with zero attached hydrogens (tertiary/aromatic N) is 2. The molecule has 0 aliphatic carbocycles. The second kappa shape index (κ2) is 8.73. The minimum absolute atomic E-state index is 0.244. The number of amides is 1. The van der Waals surface area contributed by atoms with Gasteiger partial charge in [-0.1, -0.05) is 30.3 Å². The van der Waals surface area contributed by atoms with Gasteiger partial charge in [0.1, 0.15) is 17.3 Å². The summed E-state index contributed by atoms with van der Waals surface area (Å²) in [5, 5.41) is 6.21. The molecule has 0 unspecified atom stereocenters. The fraction of sp³-hybridized carbons (Fsp3) is 0.261. The lowest BCUT2D eigenvalue weighted by Crippen LogP contribution is -2.41. The SMILES string of the molecule is CCOc1ccc(Nc2cc(C(=O)NC(C)(C)C)nc(-c3ccccc3)n2)cc1. The normalized spacial score (nSPS) is 11.0. The summed E-state index contributed by atoms with van der Waals surface area (Å²) in [6, 6.07) is 18.8. The minimum Gasteiger partial charge on any atom is -0.494 e. The van der Waals surface area contributed by atoms with Gasteiger partial charge in [0.15, 0.2) is 5.82 Å². The molecule has 0 aliphatic rings. The van der Waals surface area contributed by atoms with Gasteiger partial charge in [-0.05, 0) is 52.0 Å². The summed E-state index contributed by atoms with van der Waals surface area (Å²) in [5.41, 5.74) is 1.63. The molecule has 0 saturated carbocycles. The minimum atomic E-state index is -0.363. The molecule has 6 nitrogen and oxygen atoms in total. The van der Waals surface area contributed by atoms with Crippen LogP contribution < -0.4 is 15.4 Å². The van der Waals surface area contributed by atoms with Crippen LogP contribution in [0, 0.1) is 0 Å². The molecule has 3 aromatic rings. The first-order chi connectivity index (χ1) is 13.8. The van der Waals surface area contributed by atoms with E-state index in [1.165, 1.54) is 0 Å². The third-order valence-corrected chi connectivity index (χ3v) is 3.92. The molecule has 0 atom stereocenters. The lowest BCUT2D eigenvalue weighted by atomic mass is 10.1. The first-order valence-electron chi connectivity index (χ1n) is 9.61. The molecule has 2 aromatic carbocycles. The Balaban J connectivity index is 1.94. The Hall–Kier alpha value is -3.41. The molecule has 0 fully saturated rings. The van der Waals surface area contributed by atoms with Gasteiger partial charge >= 0.3 is 0 Å². The first kappa shape index (κ1) is 20.3. The standard InChI is InChI=1S/C23H26N4O2/c1-5-29-18-13-11-17(12-14-18)24-20-15-19(22(28)27-23(2,3)4)25-21(26-20)16-9-7-6-8-10-16/h6-15H,5H2,1-4H3,(H,27,28)(H,24,25,26). The molecule has 0 spiro atoms. The van der Waals surface area contributed by atoms with E-state index in [4.69, 9.17) is 4.74 Å². The zero-order valence-corrected chi connectivity index (χ0v) is 17.2. The molecule has 6 heteroatoms. The summed E-state index contributed by atoms with van der Waals surface area (Å²) in [4.78, 5) is 21.8. The molecule has 0 aliphatic heterocycles. The zero-order valence-electron chi connectivity index (χ0n) is 17.2. The molecule has 29 heavy (non-hydrogen) atoms. The van der Waals surface area contributed by atoms with Crippen LogP contribution in [-0.4, -0.2) is 28.0 Å². The van der Waals surface area contributed by atoms with Crippen molar-refractivity contribution in [3.63, 3.8) is 0 Å². The van der Waals surface area contributed by atoms with Crippen LogP contribution in [0.4, 0.5) is 11.5 Å². The topological polar surface area (TPSA) is 76.1 Å². The Kier molecular flexibility index (Phi) is 6.12. The summed E-state index contributed by atoms with van der Waals surface area (Å²) in [6.07, 6.45) is 0. The Bertz CT molecular complexity index is 964. The fourth-order valence-corrected chi connectivity index (χ4v) is 2.70. The highest BCUT2D eigenvalue weighted by Gasteiger charge is 2.18. The Morgan fingerprint density at radius 2 is 1.69 bits per heavy atom. The number of hydrogen-bond acceptors (Lipinski definition) is 5. The third-order valence-electron chi connectivity index (χ3n) is 3.92. The molecule has 1 aromatic heterocycles. The number of rotatable bonds is 6. The van der Waals surface area contributed by atoms with Crippen molar-refractivity contribution in [3.05, 3.63) is 66.4 Å². The third kappa shape index (κ3) is 5.78. The molecule has 0 saturated heterocycles. The lowest BCUT2D eigenvalue weighted by molar-refractivity contribution is 0.0914. The summed E-state index contributed by atoms with van der Waals surface area (Å²) in [7, 11) is 0. The predicted molar refractivity (Wildman–Crippen MR) is 116 cm³/mol. The van der Waals surface area contributed by atoms with Crippen LogP contribution in [0.5, 0.6) is 5.75 Å². The van der Waals surface area contributed by atoms with Crippen molar-refractivity contribution in [2.45, 2.75) is 33.2 Å². The van der Waals surface area contributed by atoms with Gasteiger partial charge in [0.25, 0.3) is 5.91 Å². The van der Waals surface area contributed by atoms with Crippen molar-refractivity contribution < 1.29 is 9.53 Å². The largest absolute Gasteiger partial charge is 0.494 e. The van der Waals surface area contributed by atoms with Crippen molar-refractivity contribution in [2.24, 2.45) is 0 Å². The van der Waals surface area contributed by atoms with Crippen LogP contribution >= 0.6 is 0 Å². The number of ether oxygens (including phenoxy) is 1. The summed E-state index contributed by atoms with van der Waals surface area (Å²) in [6.45, 7) is 8.36. The van der Waals surface area contributed by atoms with E-state index in [1.807, 2.05) is 82.3 Å². The van der Waals surface area contributed by atoms with Gasteiger partial charge < -0.3 is 15.4 Å². The van der Waals surface area contributed by atoms with Crippen molar-refractivity contribution >= 4 is 17.4 Å². The number of carbonyl (C=O) groups excluding carboxylic acids is 1. The predicted octanol–water partition coefficient (Wildman–Crippen LogP) is 4.81. The van der Waals surface area contributed by atoms with Crippen LogP contribution in [0.3, 0.4) is 0 Å². The van der Waals surface area contributed by atoms with E-state index in [1.54, 1.807) is 6.07 Å². The quantitative estimate of drug-likeness (QED) is 0.631. The smallest absolute Gasteiger partial charge is 0.270 e. The van der Waals surface area contributed by atoms with E-state index in [9.17, 15) is 4.79 Å². The lowest BCUT2D eigenvalue weighted by Gasteiger charge is -2.20. The van der Waals surface area contributed by atoms with Crippen molar-refractivity contribution in [1.29, 1.82) is 0 Å². The molecule has 1 heterocycles. The number of hydrogen-bond donors (Lipinski definition) is 2. The molecule has 1 amide bonds. The highest BCUT2D eigenvalue weighted by molar-refractivity contribution is 5.94. The number of benzene rings is 2. The van der Waals surface area contributed by atoms with Crippen LogP contribution in [0.1, 0.15) is 38.2 Å². The maximum atomic E-state index is 12.7. The van der Waals surface area contributed by atoms with E-state index in [2.05, 4.69) is 20.6 Å². The molecule has 3 rings (SSSR count). The van der Waals surface area contributed by atoms with E-state index < -0.39 is 0 Å².